The van der Waals surface area contributed by atoms with Crippen LogP contribution in [0.3, 0.4) is 0 Å². The molecule has 0 atom stereocenters. The average Bonchev–Trinajstić information content (AvgIpc) is 2.60. The lowest BCUT2D eigenvalue weighted by atomic mass is 10.1. The maximum absolute atomic E-state index is 5.98. The molecule has 116 valence electrons. The van der Waals surface area contributed by atoms with E-state index in [2.05, 4.69) is 9.97 Å². The van der Waals surface area contributed by atoms with E-state index in [1.54, 1.807) is 18.5 Å². The minimum atomic E-state index is 0.332. The quantitative estimate of drug-likeness (QED) is 0.732. The summed E-state index contributed by atoms with van der Waals surface area (Å²) in [5.74, 6) is 0.708. The Morgan fingerprint density at radius 1 is 0.957 bits per heavy atom. The van der Waals surface area contributed by atoms with Gasteiger partial charge in [-0.3, -0.25) is 0 Å². The van der Waals surface area contributed by atoms with Crippen LogP contribution >= 0.6 is 0 Å². The van der Waals surface area contributed by atoms with Crippen LogP contribution in [0.4, 0.5) is 5.69 Å². The van der Waals surface area contributed by atoms with Gasteiger partial charge in [0.25, 0.3) is 0 Å². The fourth-order valence-electron chi connectivity index (χ4n) is 2.18. The van der Waals surface area contributed by atoms with E-state index in [4.69, 9.17) is 15.2 Å². The Kier molecular flexibility index (Phi) is 4.38. The van der Waals surface area contributed by atoms with Gasteiger partial charge in [0, 0.05) is 29.7 Å². The van der Waals surface area contributed by atoms with Crippen molar-refractivity contribution in [2.24, 2.45) is 0 Å². The number of nitrogens with two attached hydrogens (primary N) is 1. The molecule has 5 heteroatoms. The van der Waals surface area contributed by atoms with E-state index in [1.165, 1.54) is 7.11 Å². The summed E-state index contributed by atoms with van der Waals surface area (Å²) in [6.07, 6.45) is 3.39. The van der Waals surface area contributed by atoms with Crippen LogP contribution in [0.25, 0.3) is 11.1 Å². The summed E-state index contributed by atoms with van der Waals surface area (Å²) < 4.78 is 10.8. The number of ether oxygens (including phenoxy) is 2. The Labute approximate surface area is 134 Å². The second kappa shape index (κ2) is 6.79. The van der Waals surface area contributed by atoms with Gasteiger partial charge < -0.3 is 15.2 Å². The summed E-state index contributed by atoms with van der Waals surface area (Å²) in [7, 11) is 1.53. The van der Waals surface area contributed by atoms with E-state index in [-0.39, 0.29) is 0 Å². The first-order valence-corrected chi connectivity index (χ1v) is 7.18. The second-order valence-electron chi connectivity index (χ2n) is 5.02. The molecule has 0 spiro atoms. The highest BCUT2D eigenvalue weighted by molar-refractivity contribution is 5.68. The van der Waals surface area contributed by atoms with Crippen LogP contribution in [-0.4, -0.2) is 17.1 Å². The lowest BCUT2D eigenvalue weighted by Crippen LogP contribution is -1.97. The van der Waals surface area contributed by atoms with Crippen LogP contribution in [0, 0.1) is 0 Å². The number of anilines is 1. The first-order chi connectivity index (χ1) is 11.2. The molecule has 0 aliphatic carbocycles. The molecule has 1 aromatic heterocycles. The van der Waals surface area contributed by atoms with Gasteiger partial charge in [0.2, 0.25) is 0 Å². The lowest BCUT2D eigenvalue weighted by molar-refractivity contribution is 0.306. The molecular weight excluding hydrogens is 290 g/mol. The van der Waals surface area contributed by atoms with E-state index < -0.39 is 0 Å². The first kappa shape index (κ1) is 14.8. The van der Waals surface area contributed by atoms with Gasteiger partial charge in [0.1, 0.15) is 12.4 Å². The van der Waals surface area contributed by atoms with Crippen molar-refractivity contribution in [3.8, 4) is 22.9 Å². The Bertz CT molecular complexity index is 774. The van der Waals surface area contributed by atoms with Crippen LogP contribution in [0.1, 0.15) is 5.56 Å². The SMILES string of the molecule is COc1ncc(-c2cc(N)cc(OCc3ccccc3)c2)cn1. The van der Waals surface area contributed by atoms with Gasteiger partial charge in [-0.25, -0.2) is 9.97 Å². The number of methoxy groups -OCH3 is 1. The van der Waals surface area contributed by atoms with Crippen LogP contribution < -0.4 is 15.2 Å². The zero-order chi connectivity index (χ0) is 16.1. The summed E-state index contributed by atoms with van der Waals surface area (Å²) in [5.41, 5.74) is 9.45. The van der Waals surface area contributed by atoms with Crippen molar-refractivity contribution in [1.29, 1.82) is 0 Å². The molecule has 0 aliphatic heterocycles. The molecule has 0 saturated carbocycles. The maximum atomic E-state index is 5.98. The van der Waals surface area contributed by atoms with E-state index in [0.717, 1.165) is 16.7 Å². The fourth-order valence-corrected chi connectivity index (χ4v) is 2.18. The van der Waals surface area contributed by atoms with Gasteiger partial charge in [0.05, 0.1) is 7.11 Å². The summed E-state index contributed by atoms with van der Waals surface area (Å²) in [5, 5.41) is 0. The standard InChI is InChI=1S/C18H17N3O2/c1-22-18-20-10-15(11-21-18)14-7-16(19)9-17(8-14)23-12-13-5-3-2-4-6-13/h2-11H,12,19H2,1H3. The Morgan fingerprint density at radius 2 is 1.70 bits per heavy atom. The zero-order valence-electron chi connectivity index (χ0n) is 12.8. The molecule has 0 radical (unpaired) electrons. The number of aromatic nitrogens is 2. The largest absolute Gasteiger partial charge is 0.489 e. The smallest absolute Gasteiger partial charge is 0.316 e. The molecule has 1 heterocycles. The number of hydrogen-bond acceptors (Lipinski definition) is 5. The molecule has 0 fully saturated rings. The van der Waals surface area contributed by atoms with Crippen LogP contribution in [-0.2, 0) is 6.61 Å². The summed E-state index contributed by atoms with van der Waals surface area (Å²) >= 11 is 0. The van der Waals surface area contributed by atoms with Crippen LogP contribution in [0.15, 0.2) is 60.9 Å². The summed E-state index contributed by atoms with van der Waals surface area (Å²) in [6, 6.07) is 15.9. The van der Waals surface area contributed by atoms with E-state index in [1.807, 2.05) is 42.5 Å². The third-order valence-electron chi connectivity index (χ3n) is 3.32. The highest BCUT2D eigenvalue weighted by Crippen LogP contribution is 2.27. The maximum Gasteiger partial charge on any atom is 0.316 e. The number of nitrogen functional groups attached to an aromatic ring is 1. The molecule has 0 aliphatic rings. The molecule has 23 heavy (non-hydrogen) atoms. The van der Waals surface area contributed by atoms with Gasteiger partial charge in [-0.05, 0) is 23.3 Å². The molecule has 5 nitrogen and oxygen atoms in total. The van der Waals surface area contributed by atoms with Gasteiger partial charge in [-0.15, -0.1) is 0 Å². The monoisotopic (exact) mass is 307 g/mol. The van der Waals surface area contributed by atoms with Crippen molar-refractivity contribution in [2.45, 2.75) is 6.61 Å². The van der Waals surface area contributed by atoms with Crippen molar-refractivity contribution >= 4 is 5.69 Å². The minimum absolute atomic E-state index is 0.332. The van der Waals surface area contributed by atoms with Gasteiger partial charge in [0.15, 0.2) is 0 Å². The fraction of sp³-hybridized carbons (Fsp3) is 0.111. The topological polar surface area (TPSA) is 70.3 Å². The Morgan fingerprint density at radius 3 is 2.39 bits per heavy atom. The molecule has 2 N–H and O–H groups in total. The van der Waals surface area contributed by atoms with Gasteiger partial charge in [-0.2, -0.15) is 0 Å². The number of benzene rings is 2. The zero-order valence-corrected chi connectivity index (χ0v) is 12.8. The summed E-state index contributed by atoms with van der Waals surface area (Å²) in [6.45, 7) is 0.489. The summed E-state index contributed by atoms with van der Waals surface area (Å²) in [4.78, 5) is 8.22. The minimum Gasteiger partial charge on any atom is -0.489 e. The van der Waals surface area contributed by atoms with Crippen molar-refractivity contribution in [2.75, 3.05) is 12.8 Å². The first-order valence-electron chi connectivity index (χ1n) is 7.18. The highest BCUT2D eigenvalue weighted by Gasteiger charge is 2.05. The third-order valence-corrected chi connectivity index (χ3v) is 3.32. The van der Waals surface area contributed by atoms with Crippen molar-refractivity contribution in [1.82, 2.24) is 9.97 Å². The Hall–Kier alpha value is -3.08. The van der Waals surface area contributed by atoms with Crippen LogP contribution in [0.5, 0.6) is 11.8 Å². The molecule has 3 rings (SSSR count). The molecule has 2 aromatic carbocycles. The van der Waals surface area contributed by atoms with Crippen molar-refractivity contribution in [3.05, 3.63) is 66.5 Å². The van der Waals surface area contributed by atoms with Crippen molar-refractivity contribution < 1.29 is 9.47 Å². The molecule has 0 amide bonds. The highest BCUT2D eigenvalue weighted by atomic mass is 16.5. The third kappa shape index (κ3) is 3.77. The van der Waals surface area contributed by atoms with Gasteiger partial charge >= 0.3 is 6.01 Å². The number of nitrogens with zero attached hydrogens (tertiary/aromatic N) is 2. The normalized spacial score (nSPS) is 10.3. The van der Waals surface area contributed by atoms with E-state index in [0.29, 0.717) is 24.1 Å². The molecular formula is C18H17N3O2. The predicted octanol–water partition coefficient (Wildman–Crippen LogP) is 3.31. The molecule has 3 aromatic rings. The average molecular weight is 307 g/mol. The van der Waals surface area contributed by atoms with Gasteiger partial charge in [-0.1, -0.05) is 30.3 Å². The molecule has 0 saturated heterocycles. The van der Waals surface area contributed by atoms with E-state index >= 15 is 0 Å². The number of rotatable bonds is 5. The Balaban J connectivity index is 1.80. The second-order valence-corrected chi connectivity index (χ2v) is 5.02. The van der Waals surface area contributed by atoms with E-state index in [9.17, 15) is 0 Å². The number of hydrogen-bond donors (Lipinski definition) is 1. The molecule has 0 bridgehead atoms. The lowest BCUT2D eigenvalue weighted by Gasteiger charge is -2.10. The van der Waals surface area contributed by atoms with Crippen LogP contribution in [0.2, 0.25) is 0 Å². The van der Waals surface area contributed by atoms with Crippen molar-refractivity contribution in [3.63, 3.8) is 0 Å². The molecule has 0 unspecified atom stereocenters. The predicted molar refractivity (Wildman–Crippen MR) is 89.2 cm³/mol.